The highest BCUT2D eigenvalue weighted by atomic mass is 79.9. The van der Waals surface area contributed by atoms with Gasteiger partial charge in [-0.05, 0) is 45.0 Å². The summed E-state index contributed by atoms with van der Waals surface area (Å²) in [6.07, 6.45) is 2.23. The Bertz CT molecular complexity index is 396. The molecule has 0 fully saturated rings. The molecule has 0 aliphatic carbocycles. The van der Waals surface area contributed by atoms with Crippen LogP contribution < -0.4 is 14.8 Å². The van der Waals surface area contributed by atoms with Crippen LogP contribution in [0.1, 0.15) is 45.2 Å². The van der Waals surface area contributed by atoms with Gasteiger partial charge in [0.1, 0.15) is 0 Å². The third kappa shape index (κ3) is 4.39. The quantitative estimate of drug-likeness (QED) is 0.770. The summed E-state index contributed by atoms with van der Waals surface area (Å²) in [4.78, 5) is 0. The molecule has 19 heavy (non-hydrogen) atoms. The Labute approximate surface area is 124 Å². The first-order valence-electron chi connectivity index (χ1n) is 6.94. The van der Waals surface area contributed by atoms with Crippen LogP contribution in [0.25, 0.3) is 0 Å². The van der Waals surface area contributed by atoms with E-state index < -0.39 is 0 Å². The molecule has 0 aliphatic rings. The summed E-state index contributed by atoms with van der Waals surface area (Å²) >= 11 is 3.64. The van der Waals surface area contributed by atoms with Crippen molar-refractivity contribution < 1.29 is 9.47 Å². The molecule has 0 spiro atoms. The van der Waals surface area contributed by atoms with Gasteiger partial charge in [0.25, 0.3) is 0 Å². The third-order valence-corrected chi connectivity index (χ3v) is 3.65. The fourth-order valence-electron chi connectivity index (χ4n) is 2.10. The fraction of sp³-hybridized carbons (Fsp3) is 0.600. The van der Waals surface area contributed by atoms with E-state index in [0.29, 0.717) is 19.3 Å². The van der Waals surface area contributed by atoms with Crippen molar-refractivity contribution in [1.29, 1.82) is 0 Å². The molecule has 0 saturated heterocycles. The van der Waals surface area contributed by atoms with Crippen LogP contribution in [0.15, 0.2) is 16.6 Å². The molecule has 0 bridgehead atoms. The van der Waals surface area contributed by atoms with E-state index in [0.717, 1.165) is 28.8 Å². The van der Waals surface area contributed by atoms with Gasteiger partial charge in [0.2, 0.25) is 0 Å². The number of ether oxygens (including phenoxy) is 2. The van der Waals surface area contributed by atoms with E-state index in [1.807, 2.05) is 27.0 Å². The molecule has 1 rings (SSSR count). The zero-order valence-electron chi connectivity index (χ0n) is 12.3. The van der Waals surface area contributed by atoms with Gasteiger partial charge in [-0.15, -0.1) is 0 Å². The Hall–Kier alpha value is -0.740. The van der Waals surface area contributed by atoms with Crippen molar-refractivity contribution in [2.45, 2.75) is 39.7 Å². The SMILES string of the molecule is CCCC(NC)c1cc(OCC)c(OCC)cc1Br. The minimum atomic E-state index is 0.328. The van der Waals surface area contributed by atoms with Gasteiger partial charge in [0, 0.05) is 10.5 Å². The van der Waals surface area contributed by atoms with Crippen LogP contribution in [-0.2, 0) is 0 Å². The zero-order chi connectivity index (χ0) is 14.3. The first-order chi connectivity index (χ1) is 9.17. The highest BCUT2D eigenvalue weighted by molar-refractivity contribution is 9.10. The van der Waals surface area contributed by atoms with Gasteiger partial charge in [0.05, 0.1) is 13.2 Å². The van der Waals surface area contributed by atoms with E-state index in [2.05, 4.69) is 34.2 Å². The molecule has 0 amide bonds. The second-order valence-corrected chi connectivity index (χ2v) is 5.17. The van der Waals surface area contributed by atoms with Crippen LogP contribution in [0.5, 0.6) is 11.5 Å². The molecular formula is C15H24BrNO2. The zero-order valence-corrected chi connectivity index (χ0v) is 13.8. The second-order valence-electron chi connectivity index (χ2n) is 4.32. The van der Waals surface area contributed by atoms with E-state index in [4.69, 9.17) is 9.47 Å². The maximum Gasteiger partial charge on any atom is 0.162 e. The Morgan fingerprint density at radius 3 is 2.16 bits per heavy atom. The van der Waals surface area contributed by atoms with Gasteiger partial charge in [-0.3, -0.25) is 0 Å². The van der Waals surface area contributed by atoms with Gasteiger partial charge in [-0.25, -0.2) is 0 Å². The molecular weight excluding hydrogens is 306 g/mol. The van der Waals surface area contributed by atoms with E-state index in [-0.39, 0.29) is 0 Å². The first kappa shape index (κ1) is 16.3. The molecule has 1 N–H and O–H groups in total. The predicted molar refractivity (Wildman–Crippen MR) is 83.2 cm³/mol. The van der Waals surface area contributed by atoms with Gasteiger partial charge in [-0.2, -0.15) is 0 Å². The molecule has 0 radical (unpaired) electrons. The van der Waals surface area contributed by atoms with Crippen LogP contribution >= 0.6 is 15.9 Å². The normalized spacial score (nSPS) is 12.3. The lowest BCUT2D eigenvalue weighted by Gasteiger charge is -2.20. The van der Waals surface area contributed by atoms with Crippen molar-refractivity contribution in [3.63, 3.8) is 0 Å². The fourth-order valence-corrected chi connectivity index (χ4v) is 2.70. The lowest BCUT2D eigenvalue weighted by molar-refractivity contribution is 0.287. The minimum Gasteiger partial charge on any atom is -0.490 e. The molecule has 0 heterocycles. The number of benzene rings is 1. The maximum absolute atomic E-state index is 5.68. The summed E-state index contributed by atoms with van der Waals surface area (Å²) in [5, 5.41) is 3.35. The topological polar surface area (TPSA) is 30.5 Å². The van der Waals surface area contributed by atoms with Gasteiger partial charge in [0.15, 0.2) is 11.5 Å². The van der Waals surface area contributed by atoms with Gasteiger partial charge >= 0.3 is 0 Å². The Morgan fingerprint density at radius 1 is 1.11 bits per heavy atom. The minimum absolute atomic E-state index is 0.328. The van der Waals surface area contributed by atoms with Crippen LogP contribution in [0.2, 0.25) is 0 Å². The van der Waals surface area contributed by atoms with E-state index in [1.54, 1.807) is 0 Å². The molecule has 0 aliphatic heterocycles. The standard InChI is InChI=1S/C15H24BrNO2/c1-5-8-13(17-4)11-9-14(18-6-2)15(19-7-3)10-12(11)16/h9-10,13,17H,5-8H2,1-4H3. The molecule has 1 aromatic carbocycles. The van der Waals surface area contributed by atoms with E-state index in [1.165, 1.54) is 5.56 Å². The third-order valence-electron chi connectivity index (χ3n) is 2.96. The average molecular weight is 330 g/mol. The molecule has 108 valence electrons. The van der Waals surface area contributed by atoms with Crippen molar-refractivity contribution in [1.82, 2.24) is 5.32 Å². The maximum atomic E-state index is 5.68. The van der Waals surface area contributed by atoms with Crippen LogP contribution in [0, 0.1) is 0 Å². The van der Waals surface area contributed by atoms with Crippen molar-refractivity contribution in [2.24, 2.45) is 0 Å². The van der Waals surface area contributed by atoms with Crippen molar-refractivity contribution >= 4 is 15.9 Å². The van der Waals surface area contributed by atoms with E-state index >= 15 is 0 Å². The number of rotatable bonds is 8. The monoisotopic (exact) mass is 329 g/mol. The van der Waals surface area contributed by atoms with Crippen molar-refractivity contribution in [3.05, 3.63) is 22.2 Å². The van der Waals surface area contributed by atoms with Crippen LogP contribution in [0.4, 0.5) is 0 Å². The average Bonchev–Trinajstić information content (AvgIpc) is 2.40. The number of halogens is 1. The predicted octanol–water partition coefficient (Wildman–Crippen LogP) is 4.31. The summed E-state index contributed by atoms with van der Waals surface area (Å²) in [6.45, 7) is 7.43. The number of hydrogen-bond donors (Lipinski definition) is 1. The first-order valence-corrected chi connectivity index (χ1v) is 7.73. The Balaban J connectivity index is 3.14. The summed E-state index contributed by atoms with van der Waals surface area (Å²) in [7, 11) is 1.99. The number of hydrogen-bond acceptors (Lipinski definition) is 3. The van der Waals surface area contributed by atoms with E-state index in [9.17, 15) is 0 Å². The highest BCUT2D eigenvalue weighted by Crippen LogP contribution is 2.37. The van der Waals surface area contributed by atoms with Gasteiger partial charge < -0.3 is 14.8 Å². The molecule has 1 atom stereocenters. The molecule has 1 unspecified atom stereocenters. The molecule has 0 saturated carbocycles. The lowest BCUT2D eigenvalue weighted by atomic mass is 10.0. The summed E-state index contributed by atoms with van der Waals surface area (Å²) in [6, 6.07) is 4.41. The Kier molecular flexibility index (Phi) is 7.24. The summed E-state index contributed by atoms with van der Waals surface area (Å²) in [5.74, 6) is 1.62. The second kappa shape index (κ2) is 8.43. The highest BCUT2D eigenvalue weighted by Gasteiger charge is 2.16. The summed E-state index contributed by atoms with van der Waals surface area (Å²) in [5.41, 5.74) is 1.22. The van der Waals surface area contributed by atoms with Crippen LogP contribution in [-0.4, -0.2) is 20.3 Å². The molecule has 4 heteroatoms. The molecule has 1 aromatic rings. The number of nitrogens with one attached hydrogen (secondary N) is 1. The van der Waals surface area contributed by atoms with Gasteiger partial charge in [-0.1, -0.05) is 29.3 Å². The largest absolute Gasteiger partial charge is 0.490 e. The lowest BCUT2D eigenvalue weighted by Crippen LogP contribution is -2.17. The van der Waals surface area contributed by atoms with Crippen molar-refractivity contribution in [2.75, 3.05) is 20.3 Å². The Morgan fingerprint density at radius 2 is 1.68 bits per heavy atom. The smallest absolute Gasteiger partial charge is 0.162 e. The molecule has 0 aromatic heterocycles. The van der Waals surface area contributed by atoms with Crippen molar-refractivity contribution in [3.8, 4) is 11.5 Å². The molecule has 3 nitrogen and oxygen atoms in total. The van der Waals surface area contributed by atoms with Crippen LogP contribution in [0.3, 0.4) is 0 Å². The summed E-state index contributed by atoms with van der Waals surface area (Å²) < 4.78 is 12.4.